The molecule has 0 amide bonds. The van der Waals surface area contributed by atoms with Crippen LogP contribution in [0.3, 0.4) is 0 Å². The number of hydrogen-bond donors (Lipinski definition) is 2. The zero-order valence-corrected chi connectivity index (χ0v) is 16.0. The van der Waals surface area contributed by atoms with Crippen LogP contribution in [0.25, 0.3) is 0 Å². The predicted octanol–water partition coefficient (Wildman–Crippen LogP) is 2.85. The Bertz CT molecular complexity index is 753. The van der Waals surface area contributed by atoms with Crippen LogP contribution in [0.4, 0.5) is 8.78 Å². The number of ether oxygens (including phenoxy) is 1. The number of guanidine groups is 1. The summed E-state index contributed by atoms with van der Waals surface area (Å²) in [5.41, 5.74) is 0.479. The van der Waals surface area contributed by atoms with Gasteiger partial charge in [-0.25, -0.2) is 4.99 Å². The average Bonchev–Trinajstić information content (AvgIpc) is 3.08. The summed E-state index contributed by atoms with van der Waals surface area (Å²) in [5.74, 6) is 1.53. The Kier molecular flexibility index (Phi) is 8.25. The van der Waals surface area contributed by atoms with Gasteiger partial charge in [0, 0.05) is 36.6 Å². The predicted molar refractivity (Wildman–Crippen MR) is 100 cm³/mol. The fourth-order valence-electron chi connectivity index (χ4n) is 2.42. The van der Waals surface area contributed by atoms with Crippen LogP contribution in [0.15, 0.2) is 29.5 Å². The summed E-state index contributed by atoms with van der Waals surface area (Å²) in [4.78, 5) is 4.42. The largest absolute Gasteiger partial charge is 0.434 e. The fourth-order valence-corrected chi connectivity index (χ4v) is 2.62. The third-order valence-electron chi connectivity index (χ3n) is 3.65. The molecule has 1 aromatic heterocycles. The molecule has 1 aromatic carbocycles. The van der Waals surface area contributed by atoms with E-state index in [0.717, 1.165) is 12.2 Å². The van der Waals surface area contributed by atoms with Gasteiger partial charge in [0.2, 0.25) is 0 Å². The number of aromatic nitrogens is 3. The fraction of sp³-hybridized carbons (Fsp3) is 0.471. The van der Waals surface area contributed by atoms with Gasteiger partial charge in [-0.05, 0) is 25.1 Å². The van der Waals surface area contributed by atoms with Gasteiger partial charge < -0.3 is 19.9 Å². The third kappa shape index (κ3) is 6.67. The number of halogens is 3. The summed E-state index contributed by atoms with van der Waals surface area (Å²) in [7, 11) is 0. The monoisotopic (exact) mass is 400 g/mol. The van der Waals surface area contributed by atoms with Gasteiger partial charge >= 0.3 is 6.61 Å². The van der Waals surface area contributed by atoms with E-state index in [-0.39, 0.29) is 12.3 Å². The molecule has 0 radical (unpaired) electrons. The van der Waals surface area contributed by atoms with Gasteiger partial charge in [-0.15, -0.1) is 10.2 Å². The molecule has 0 bridgehead atoms. The molecule has 0 spiro atoms. The second-order valence-electron chi connectivity index (χ2n) is 5.55. The third-order valence-corrected chi connectivity index (χ3v) is 3.88. The molecule has 148 valence electrons. The number of aryl methyl sites for hydroxylation is 1. The molecule has 0 saturated heterocycles. The molecule has 0 aliphatic carbocycles. The maximum Gasteiger partial charge on any atom is 0.387 e. The highest BCUT2D eigenvalue weighted by Gasteiger charge is 2.10. The van der Waals surface area contributed by atoms with Crippen molar-refractivity contribution in [2.75, 3.05) is 13.1 Å². The minimum absolute atomic E-state index is 0.0612. The number of alkyl halides is 2. The van der Waals surface area contributed by atoms with E-state index < -0.39 is 6.61 Å². The van der Waals surface area contributed by atoms with Crippen LogP contribution < -0.4 is 15.4 Å². The smallest absolute Gasteiger partial charge is 0.387 e. The average molecular weight is 401 g/mol. The highest BCUT2D eigenvalue weighted by molar-refractivity contribution is 6.30. The Morgan fingerprint density at radius 2 is 2.15 bits per heavy atom. The maximum atomic E-state index is 12.6. The number of nitrogens with one attached hydrogen (secondary N) is 2. The highest BCUT2D eigenvalue weighted by atomic mass is 35.5. The summed E-state index contributed by atoms with van der Waals surface area (Å²) < 4.78 is 31.6. The van der Waals surface area contributed by atoms with Crippen LogP contribution in [0.2, 0.25) is 5.02 Å². The molecule has 0 aliphatic rings. The van der Waals surface area contributed by atoms with Gasteiger partial charge in [0.15, 0.2) is 5.96 Å². The van der Waals surface area contributed by atoms with Gasteiger partial charge in [0.25, 0.3) is 0 Å². The Morgan fingerprint density at radius 3 is 2.85 bits per heavy atom. The Balaban J connectivity index is 2.01. The van der Waals surface area contributed by atoms with E-state index >= 15 is 0 Å². The van der Waals surface area contributed by atoms with Gasteiger partial charge in [0.1, 0.15) is 17.9 Å². The molecule has 2 rings (SSSR count). The zero-order chi connectivity index (χ0) is 19.6. The van der Waals surface area contributed by atoms with Crippen LogP contribution in [-0.2, 0) is 19.5 Å². The molecule has 7 nitrogen and oxygen atoms in total. The second kappa shape index (κ2) is 10.7. The lowest BCUT2D eigenvalue weighted by Gasteiger charge is -2.13. The molecule has 0 atom stereocenters. The first-order valence-corrected chi connectivity index (χ1v) is 9.03. The minimum atomic E-state index is -2.91. The van der Waals surface area contributed by atoms with E-state index in [1.807, 2.05) is 18.4 Å². The topological polar surface area (TPSA) is 76.4 Å². The molecule has 27 heavy (non-hydrogen) atoms. The van der Waals surface area contributed by atoms with Crippen molar-refractivity contribution < 1.29 is 13.5 Å². The van der Waals surface area contributed by atoms with E-state index in [2.05, 4.69) is 30.6 Å². The normalized spacial score (nSPS) is 11.7. The van der Waals surface area contributed by atoms with Crippen LogP contribution in [0, 0.1) is 0 Å². The van der Waals surface area contributed by atoms with Crippen molar-refractivity contribution in [1.29, 1.82) is 0 Å². The van der Waals surface area contributed by atoms with Gasteiger partial charge in [0.05, 0.1) is 6.54 Å². The quantitative estimate of drug-likeness (QED) is 0.500. The lowest BCUT2D eigenvalue weighted by atomic mass is 10.2. The molecule has 0 fully saturated rings. The molecule has 2 N–H and O–H groups in total. The molecule has 0 saturated carbocycles. The molecule has 1 heterocycles. The van der Waals surface area contributed by atoms with Gasteiger partial charge in [-0.1, -0.05) is 18.5 Å². The van der Waals surface area contributed by atoms with Crippen molar-refractivity contribution in [3.8, 4) is 5.75 Å². The Hall–Kier alpha value is -2.42. The molecule has 0 unspecified atom stereocenters. The lowest BCUT2D eigenvalue weighted by Crippen LogP contribution is -2.39. The number of benzene rings is 1. The minimum Gasteiger partial charge on any atom is -0.434 e. The summed E-state index contributed by atoms with van der Waals surface area (Å²) in [6.45, 7) is 3.14. The van der Waals surface area contributed by atoms with Crippen molar-refractivity contribution in [2.45, 2.75) is 40.0 Å². The van der Waals surface area contributed by atoms with Crippen LogP contribution in [0.5, 0.6) is 5.75 Å². The van der Waals surface area contributed by atoms with E-state index in [1.165, 1.54) is 12.1 Å². The van der Waals surface area contributed by atoms with Crippen molar-refractivity contribution in [3.63, 3.8) is 0 Å². The number of hydrogen-bond acceptors (Lipinski definition) is 4. The number of nitrogens with zero attached hydrogens (tertiary/aromatic N) is 4. The standard InChI is InChI=1S/C17H23ClF2N6O/c1-3-15-25-24-11-26(15)8-7-22-17(21-4-2)23-10-12-9-13(18)5-6-14(12)27-16(19)20/h5-6,9,11,16H,3-4,7-8,10H2,1-2H3,(H2,21,22,23). The first-order chi connectivity index (χ1) is 13.0. The van der Waals surface area contributed by atoms with Crippen molar-refractivity contribution in [1.82, 2.24) is 25.4 Å². The molecular formula is C17H23ClF2N6O. The van der Waals surface area contributed by atoms with E-state index in [1.54, 1.807) is 12.4 Å². The summed E-state index contributed by atoms with van der Waals surface area (Å²) in [6.07, 6.45) is 2.49. The van der Waals surface area contributed by atoms with Crippen molar-refractivity contribution in [3.05, 3.63) is 40.9 Å². The first kappa shape index (κ1) is 20.9. The van der Waals surface area contributed by atoms with Gasteiger partial charge in [-0.2, -0.15) is 8.78 Å². The SMILES string of the molecule is CCNC(=NCc1cc(Cl)ccc1OC(F)F)NCCn1cnnc1CC. The Morgan fingerprint density at radius 1 is 1.33 bits per heavy atom. The van der Waals surface area contributed by atoms with Crippen molar-refractivity contribution >= 4 is 17.6 Å². The molecule has 2 aromatic rings. The van der Waals surface area contributed by atoms with Crippen LogP contribution >= 0.6 is 11.6 Å². The van der Waals surface area contributed by atoms with Crippen LogP contribution in [-0.4, -0.2) is 40.4 Å². The zero-order valence-electron chi connectivity index (χ0n) is 15.3. The van der Waals surface area contributed by atoms with E-state index in [9.17, 15) is 8.78 Å². The number of rotatable bonds is 9. The molecule has 10 heteroatoms. The maximum absolute atomic E-state index is 12.6. The van der Waals surface area contributed by atoms with Crippen molar-refractivity contribution in [2.24, 2.45) is 4.99 Å². The van der Waals surface area contributed by atoms with Gasteiger partial charge in [-0.3, -0.25) is 0 Å². The second-order valence-corrected chi connectivity index (χ2v) is 5.98. The number of aliphatic imine (C=N–C) groups is 1. The molecule has 0 aliphatic heterocycles. The summed E-state index contributed by atoms with van der Waals surface area (Å²) in [5, 5.41) is 14.7. The summed E-state index contributed by atoms with van der Waals surface area (Å²) >= 11 is 5.96. The highest BCUT2D eigenvalue weighted by Crippen LogP contribution is 2.25. The first-order valence-electron chi connectivity index (χ1n) is 8.65. The Labute approximate surface area is 161 Å². The summed E-state index contributed by atoms with van der Waals surface area (Å²) in [6, 6.07) is 4.48. The molecular weight excluding hydrogens is 378 g/mol. The lowest BCUT2D eigenvalue weighted by molar-refractivity contribution is -0.0504. The van der Waals surface area contributed by atoms with E-state index in [0.29, 0.717) is 36.2 Å². The van der Waals surface area contributed by atoms with Crippen LogP contribution in [0.1, 0.15) is 25.2 Å². The van der Waals surface area contributed by atoms with E-state index in [4.69, 9.17) is 11.6 Å².